The van der Waals surface area contributed by atoms with E-state index in [0.717, 1.165) is 32.2 Å². The van der Waals surface area contributed by atoms with Gasteiger partial charge >= 0.3 is 0 Å². The summed E-state index contributed by atoms with van der Waals surface area (Å²) in [6, 6.07) is 8.38. The molecule has 6 amide bonds. The molecule has 1 heterocycles. The SMILES string of the molecule is CCCC(=O)N[C@H](Cc1ccccc1)C(=O)N[C@@H](CSSC[C@H](NC(=O)[C@@H](N)[C@@H](C)O)C(=O)N[C@H](C(=O)NCCSSc1ccccn1)[C@@H](C)O)C(N)=O. The number of hydrogen-bond acceptors (Lipinski definition) is 14. The van der Waals surface area contributed by atoms with E-state index in [1.807, 2.05) is 37.3 Å². The van der Waals surface area contributed by atoms with Gasteiger partial charge in [-0.3, -0.25) is 28.8 Å². The lowest BCUT2D eigenvalue weighted by Gasteiger charge is -2.26. The molecule has 0 aliphatic rings. The van der Waals surface area contributed by atoms with Crippen molar-refractivity contribution in [2.75, 3.05) is 23.8 Å². The number of rotatable bonds is 25. The first-order valence-corrected chi connectivity index (χ1v) is 21.9. The lowest BCUT2D eigenvalue weighted by molar-refractivity contribution is -0.134. The summed E-state index contributed by atoms with van der Waals surface area (Å²) in [7, 11) is 5.01. The Balaban J connectivity index is 2.04. The van der Waals surface area contributed by atoms with Crippen LogP contribution in [-0.2, 0) is 35.2 Å². The highest BCUT2D eigenvalue weighted by atomic mass is 33.1. The van der Waals surface area contributed by atoms with Crippen molar-refractivity contribution in [3.05, 3.63) is 60.3 Å². The molecule has 1 aromatic carbocycles. The summed E-state index contributed by atoms with van der Waals surface area (Å²) < 4.78 is 0. The van der Waals surface area contributed by atoms with Crippen molar-refractivity contribution in [1.82, 2.24) is 31.6 Å². The summed E-state index contributed by atoms with van der Waals surface area (Å²) in [6.45, 7) is 4.70. The summed E-state index contributed by atoms with van der Waals surface area (Å²) in [6.07, 6.45) is 0.0952. The second-order valence-corrected chi connectivity index (χ2v) is 17.0. The Morgan fingerprint density at radius 1 is 0.759 bits per heavy atom. The van der Waals surface area contributed by atoms with Crippen LogP contribution in [0.4, 0.5) is 0 Å². The van der Waals surface area contributed by atoms with Crippen molar-refractivity contribution < 1.29 is 39.0 Å². The van der Waals surface area contributed by atoms with Crippen LogP contribution in [0.15, 0.2) is 59.8 Å². The molecular formula is C34H50N8O8S4. The number of amides is 6. The highest BCUT2D eigenvalue weighted by Gasteiger charge is 2.32. The fraction of sp³-hybridized carbons (Fsp3) is 0.500. The second-order valence-electron chi connectivity index (χ2n) is 12.0. The fourth-order valence-corrected chi connectivity index (χ4v) is 8.53. The van der Waals surface area contributed by atoms with Gasteiger partial charge in [0.05, 0.1) is 12.2 Å². The number of benzene rings is 1. The molecule has 0 bridgehead atoms. The number of pyridine rings is 1. The Hall–Kier alpha value is -3.53. The number of nitrogens with two attached hydrogens (primary N) is 2. The Morgan fingerprint density at radius 2 is 1.39 bits per heavy atom. The number of primary amides is 1. The zero-order valence-electron chi connectivity index (χ0n) is 30.3. The van der Waals surface area contributed by atoms with Gasteiger partial charge in [-0.05, 0) is 48.8 Å². The quantitative estimate of drug-likeness (QED) is 0.0467. The third-order valence-corrected chi connectivity index (χ3v) is 12.1. The molecule has 0 radical (unpaired) electrons. The van der Waals surface area contributed by atoms with Crippen LogP contribution in [0.5, 0.6) is 0 Å². The van der Waals surface area contributed by atoms with E-state index in [0.29, 0.717) is 12.2 Å². The molecule has 1 aromatic heterocycles. The number of hydrogen-bond donors (Lipinski definition) is 9. The standard InChI is InChI=1S/C34H50N8O8S4/c1-4-10-26(45)39-23(17-22-11-6-5-7-12-22)31(47)40-24(30(36)46)18-52-53-19-25(41-33(49)28(35)20(2)43)32(48)42-29(21(3)44)34(50)38-15-16-51-54-27-13-8-9-14-37-27/h5-9,11-14,20-21,23-25,28-29,43-44H,4,10,15-19,35H2,1-3H3,(H2,36,46)(H,38,50)(H,39,45)(H,40,47)(H,41,49)(H,42,48)/t20-,21-,23-,24+,25+,28+,29+/m1/s1. The number of aliphatic hydroxyl groups is 2. The molecule has 2 rings (SSSR count). The molecule has 54 heavy (non-hydrogen) atoms. The van der Waals surface area contributed by atoms with Crippen molar-refractivity contribution in [3.8, 4) is 0 Å². The molecule has 298 valence electrons. The normalized spacial score (nSPS) is 14.9. The van der Waals surface area contributed by atoms with Crippen molar-refractivity contribution in [2.45, 2.75) is 87.5 Å². The molecule has 0 aliphatic heterocycles. The molecule has 0 fully saturated rings. The van der Waals surface area contributed by atoms with Gasteiger partial charge in [-0.25, -0.2) is 4.98 Å². The van der Waals surface area contributed by atoms with Crippen LogP contribution in [0, 0.1) is 0 Å². The summed E-state index contributed by atoms with van der Waals surface area (Å²) in [5, 5.41) is 33.9. The van der Waals surface area contributed by atoms with Crippen LogP contribution in [-0.4, -0.2) is 117 Å². The van der Waals surface area contributed by atoms with Crippen LogP contribution in [0.2, 0.25) is 0 Å². The molecule has 0 saturated heterocycles. The predicted octanol–water partition coefficient (Wildman–Crippen LogP) is -0.124. The highest BCUT2D eigenvalue weighted by molar-refractivity contribution is 8.77. The lowest BCUT2D eigenvalue weighted by atomic mass is 10.0. The van der Waals surface area contributed by atoms with Gasteiger partial charge < -0.3 is 48.3 Å². The number of aliphatic hydroxyl groups excluding tert-OH is 2. The van der Waals surface area contributed by atoms with E-state index in [2.05, 4.69) is 31.6 Å². The number of carbonyl (C=O) groups excluding carboxylic acids is 6. The zero-order valence-corrected chi connectivity index (χ0v) is 33.5. The van der Waals surface area contributed by atoms with E-state index in [9.17, 15) is 39.0 Å². The molecule has 11 N–H and O–H groups in total. The molecule has 0 aliphatic carbocycles. The minimum atomic E-state index is -1.37. The predicted molar refractivity (Wildman–Crippen MR) is 214 cm³/mol. The maximum absolute atomic E-state index is 13.4. The lowest BCUT2D eigenvalue weighted by Crippen LogP contribution is -2.60. The maximum atomic E-state index is 13.4. The van der Waals surface area contributed by atoms with Crippen LogP contribution in [0.3, 0.4) is 0 Å². The number of carbonyl (C=O) groups is 6. The monoisotopic (exact) mass is 826 g/mol. The Kier molecular flexibility index (Phi) is 22.0. The van der Waals surface area contributed by atoms with Crippen molar-refractivity contribution >= 4 is 78.6 Å². The molecule has 16 nitrogen and oxygen atoms in total. The van der Waals surface area contributed by atoms with Gasteiger partial charge in [0.15, 0.2) is 0 Å². The van der Waals surface area contributed by atoms with Crippen LogP contribution < -0.4 is 38.1 Å². The van der Waals surface area contributed by atoms with Gasteiger partial charge in [0.1, 0.15) is 35.2 Å². The van der Waals surface area contributed by atoms with Gasteiger partial charge in [-0.1, -0.05) is 75.7 Å². The zero-order chi connectivity index (χ0) is 40.0. The van der Waals surface area contributed by atoms with E-state index < -0.39 is 72.0 Å². The minimum Gasteiger partial charge on any atom is -0.391 e. The van der Waals surface area contributed by atoms with E-state index in [4.69, 9.17) is 11.5 Å². The molecule has 0 unspecified atom stereocenters. The van der Waals surface area contributed by atoms with Crippen molar-refractivity contribution in [1.29, 1.82) is 0 Å². The summed E-state index contributed by atoms with van der Waals surface area (Å²) in [4.78, 5) is 81.4. The number of aromatic nitrogens is 1. The van der Waals surface area contributed by atoms with Crippen LogP contribution in [0.25, 0.3) is 0 Å². The number of nitrogens with zero attached hydrogens (tertiary/aromatic N) is 1. The smallest absolute Gasteiger partial charge is 0.245 e. The third-order valence-electron chi connectivity index (χ3n) is 7.41. The van der Waals surface area contributed by atoms with Gasteiger partial charge in [0, 0.05) is 42.8 Å². The molecular weight excluding hydrogens is 777 g/mol. The Bertz CT molecular complexity index is 1500. The average molecular weight is 827 g/mol. The molecule has 20 heteroatoms. The van der Waals surface area contributed by atoms with Crippen molar-refractivity contribution in [3.63, 3.8) is 0 Å². The largest absolute Gasteiger partial charge is 0.391 e. The van der Waals surface area contributed by atoms with Crippen LogP contribution >= 0.6 is 43.2 Å². The minimum absolute atomic E-state index is 0.0441. The third kappa shape index (κ3) is 17.7. The Labute approximate surface area is 330 Å². The first-order valence-electron chi connectivity index (χ1n) is 17.1. The van der Waals surface area contributed by atoms with E-state index >= 15 is 0 Å². The van der Waals surface area contributed by atoms with E-state index in [1.54, 1.807) is 24.4 Å². The van der Waals surface area contributed by atoms with Gasteiger partial charge in [0.25, 0.3) is 0 Å². The first-order chi connectivity index (χ1) is 25.7. The second kappa shape index (κ2) is 25.5. The van der Waals surface area contributed by atoms with E-state index in [-0.39, 0.29) is 36.8 Å². The van der Waals surface area contributed by atoms with Gasteiger partial charge in [-0.2, -0.15) is 0 Å². The van der Waals surface area contributed by atoms with Crippen LogP contribution in [0.1, 0.15) is 39.2 Å². The highest BCUT2D eigenvalue weighted by Crippen LogP contribution is 2.28. The average Bonchev–Trinajstić information content (AvgIpc) is 3.14. The summed E-state index contributed by atoms with van der Waals surface area (Å²) in [5.74, 6) is -3.72. The number of nitrogens with one attached hydrogen (secondary N) is 5. The first kappa shape index (κ1) is 46.6. The topological polar surface area (TPSA) is 268 Å². The Morgan fingerprint density at radius 3 is 1.98 bits per heavy atom. The molecule has 0 saturated carbocycles. The summed E-state index contributed by atoms with van der Waals surface area (Å²) in [5.41, 5.74) is 12.2. The maximum Gasteiger partial charge on any atom is 0.245 e. The molecule has 7 atom stereocenters. The van der Waals surface area contributed by atoms with Gasteiger partial charge in [0.2, 0.25) is 35.4 Å². The van der Waals surface area contributed by atoms with Gasteiger partial charge in [-0.15, -0.1) is 0 Å². The fourth-order valence-electron chi connectivity index (χ4n) is 4.41. The van der Waals surface area contributed by atoms with Crippen molar-refractivity contribution in [2.24, 2.45) is 11.5 Å². The molecule has 2 aromatic rings. The summed E-state index contributed by atoms with van der Waals surface area (Å²) >= 11 is 0. The van der Waals surface area contributed by atoms with E-state index in [1.165, 1.54) is 35.4 Å². The molecule has 0 spiro atoms.